The Hall–Kier alpha value is -1.25. The predicted molar refractivity (Wildman–Crippen MR) is 77.6 cm³/mol. The van der Waals surface area contributed by atoms with Gasteiger partial charge in [0, 0.05) is 6.54 Å². The fraction of sp³-hybridized carbons (Fsp3) is 0.333. The lowest BCUT2D eigenvalue weighted by Crippen LogP contribution is -2.19. The normalized spacial score (nSPS) is 11.1. The van der Waals surface area contributed by atoms with Crippen molar-refractivity contribution in [1.29, 1.82) is 0 Å². The molecule has 0 bridgehead atoms. The monoisotopic (exact) mass is 263 g/mol. The number of benzene rings is 2. The number of likely N-dealkylation sites (N-methyl/N-ethyl adjacent to an activating group) is 1. The zero-order valence-electron chi connectivity index (χ0n) is 10.8. The van der Waals surface area contributed by atoms with Gasteiger partial charge in [0.25, 0.3) is 0 Å². The van der Waals surface area contributed by atoms with E-state index in [0.29, 0.717) is 6.00 Å². The van der Waals surface area contributed by atoms with Gasteiger partial charge >= 0.3 is 0 Å². The summed E-state index contributed by atoms with van der Waals surface area (Å²) in [4.78, 5) is 2.10. The Balaban J connectivity index is 2.17. The van der Waals surface area contributed by atoms with Gasteiger partial charge in [-0.05, 0) is 41.9 Å². The molecule has 0 unspecified atom stereocenters. The second-order valence-corrected chi connectivity index (χ2v) is 4.74. The molecule has 2 nitrogen and oxygen atoms in total. The first-order chi connectivity index (χ1) is 8.72. The maximum Gasteiger partial charge on any atom is 0.119 e. The largest absolute Gasteiger partial charge is 0.497 e. The van der Waals surface area contributed by atoms with Crippen molar-refractivity contribution in [1.82, 2.24) is 4.90 Å². The molecule has 18 heavy (non-hydrogen) atoms. The van der Waals surface area contributed by atoms with E-state index in [9.17, 15) is 0 Å². The minimum absolute atomic E-state index is 0.574. The molecule has 96 valence electrons. The van der Waals surface area contributed by atoms with Crippen molar-refractivity contribution in [2.75, 3.05) is 26.7 Å². The third-order valence-electron chi connectivity index (χ3n) is 3.10. The van der Waals surface area contributed by atoms with Crippen molar-refractivity contribution >= 4 is 22.4 Å². The molecule has 2 aromatic carbocycles. The molecule has 0 atom stereocenters. The lowest BCUT2D eigenvalue weighted by molar-refractivity contribution is 0.394. The Bertz CT molecular complexity index is 527. The summed E-state index contributed by atoms with van der Waals surface area (Å²) in [6.07, 6.45) is 1.02. The van der Waals surface area contributed by atoms with Gasteiger partial charge in [-0.2, -0.15) is 0 Å². The van der Waals surface area contributed by atoms with Crippen LogP contribution in [0.5, 0.6) is 5.75 Å². The molecular formula is C15H18ClNO. The lowest BCUT2D eigenvalue weighted by atomic mass is 10.0. The SMILES string of the molecule is COc1ccc2cc(CCN(C)CCl)ccc2c1. The average molecular weight is 264 g/mol. The van der Waals surface area contributed by atoms with E-state index < -0.39 is 0 Å². The maximum atomic E-state index is 5.76. The molecule has 2 aromatic rings. The second-order valence-electron chi connectivity index (χ2n) is 4.50. The zero-order valence-corrected chi connectivity index (χ0v) is 11.6. The van der Waals surface area contributed by atoms with E-state index in [1.807, 2.05) is 13.1 Å². The number of ether oxygens (including phenoxy) is 1. The molecule has 3 heteroatoms. The zero-order chi connectivity index (χ0) is 13.0. The van der Waals surface area contributed by atoms with Crippen LogP contribution in [0.2, 0.25) is 0 Å². The number of methoxy groups -OCH3 is 1. The van der Waals surface area contributed by atoms with Gasteiger partial charge in [0.2, 0.25) is 0 Å². The minimum atomic E-state index is 0.574. The van der Waals surface area contributed by atoms with Gasteiger partial charge in [-0.1, -0.05) is 24.3 Å². The van der Waals surface area contributed by atoms with Crippen LogP contribution in [0.3, 0.4) is 0 Å². The molecule has 0 aliphatic carbocycles. The summed E-state index contributed by atoms with van der Waals surface area (Å²) in [6.45, 7) is 0.977. The van der Waals surface area contributed by atoms with Crippen LogP contribution in [0.1, 0.15) is 5.56 Å². The highest BCUT2D eigenvalue weighted by Crippen LogP contribution is 2.22. The summed E-state index contributed by atoms with van der Waals surface area (Å²) >= 11 is 5.76. The van der Waals surface area contributed by atoms with Crippen LogP contribution in [0, 0.1) is 0 Å². The predicted octanol–water partition coefficient (Wildman–Crippen LogP) is 3.52. The van der Waals surface area contributed by atoms with Gasteiger partial charge < -0.3 is 4.74 Å². The molecule has 0 fully saturated rings. The van der Waals surface area contributed by atoms with Crippen LogP contribution in [0.15, 0.2) is 36.4 Å². The van der Waals surface area contributed by atoms with Crippen molar-refractivity contribution in [2.24, 2.45) is 0 Å². The van der Waals surface area contributed by atoms with Crippen molar-refractivity contribution in [3.8, 4) is 5.75 Å². The smallest absolute Gasteiger partial charge is 0.119 e. The average Bonchev–Trinajstić information content (AvgIpc) is 2.43. The molecule has 0 aromatic heterocycles. The molecule has 0 spiro atoms. The molecular weight excluding hydrogens is 246 g/mol. The molecule has 0 amide bonds. The van der Waals surface area contributed by atoms with Gasteiger partial charge in [0.05, 0.1) is 13.1 Å². The highest BCUT2D eigenvalue weighted by molar-refractivity contribution is 6.17. The van der Waals surface area contributed by atoms with Gasteiger partial charge in [-0.15, -0.1) is 11.6 Å². The third kappa shape index (κ3) is 3.15. The summed E-state index contributed by atoms with van der Waals surface area (Å²) in [6, 6.07) is 13.3. The summed E-state index contributed by atoms with van der Waals surface area (Å²) in [5.74, 6) is 0.900. The topological polar surface area (TPSA) is 12.5 Å². The molecule has 0 N–H and O–H groups in total. The molecule has 0 heterocycles. The Morgan fingerprint density at radius 3 is 2.56 bits per heavy atom. The number of alkyl halides is 1. The molecule has 0 aliphatic heterocycles. The van der Waals surface area contributed by atoms with Gasteiger partial charge in [-0.3, -0.25) is 4.90 Å². The molecule has 0 saturated carbocycles. The number of hydrogen-bond acceptors (Lipinski definition) is 2. The van der Waals surface area contributed by atoms with E-state index in [4.69, 9.17) is 16.3 Å². The van der Waals surface area contributed by atoms with E-state index in [2.05, 4.69) is 35.2 Å². The Morgan fingerprint density at radius 1 is 1.11 bits per heavy atom. The van der Waals surface area contributed by atoms with E-state index in [0.717, 1.165) is 18.7 Å². The fourth-order valence-corrected chi connectivity index (χ4v) is 2.06. The third-order valence-corrected chi connectivity index (χ3v) is 3.51. The highest BCUT2D eigenvalue weighted by Gasteiger charge is 2.01. The quantitative estimate of drug-likeness (QED) is 0.605. The van der Waals surface area contributed by atoms with Crippen LogP contribution in [-0.2, 0) is 6.42 Å². The van der Waals surface area contributed by atoms with Crippen LogP contribution < -0.4 is 4.74 Å². The van der Waals surface area contributed by atoms with Crippen molar-refractivity contribution in [2.45, 2.75) is 6.42 Å². The van der Waals surface area contributed by atoms with Crippen LogP contribution in [0.25, 0.3) is 10.8 Å². The summed E-state index contributed by atoms with van der Waals surface area (Å²) in [5, 5.41) is 2.46. The summed E-state index contributed by atoms with van der Waals surface area (Å²) < 4.78 is 5.22. The van der Waals surface area contributed by atoms with Crippen LogP contribution in [0.4, 0.5) is 0 Å². The first-order valence-electron chi connectivity index (χ1n) is 6.04. The number of rotatable bonds is 5. The first-order valence-corrected chi connectivity index (χ1v) is 6.57. The summed E-state index contributed by atoms with van der Waals surface area (Å²) in [5.41, 5.74) is 1.34. The molecule has 0 aliphatic rings. The molecule has 0 saturated heterocycles. The number of halogens is 1. The van der Waals surface area contributed by atoms with Crippen LogP contribution >= 0.6 is 11.6 Å². The van der Waals surface area contributed by atoms with E-state index in [1.165, 1.54) is 16.3 Å². The van der Waals surface area contributed by atoms with Crippen molar-refractivity contribution in [3.63, 3.8) is 0 Å². The number of hydrogen-bond donors (Lipinski definition) is 0. The Kier molecular flexibility index (Phi) is 4.45. The second kappa shape index (κ2) is 6.07. The van der Waals surface area contributed by atoms with Crippen LogP contribution in [-0.4, -0.2) is 31.6 Å². The highest BCUT2D eigenvalue weighted by atomic mass is 35.5. The Morgan fingerprint density at radius 2 is 1.83 bits per heavy atom. The van der Waals surface area contributed by atoms with Crippen molar-refractivity contribution < 1.29 is 4.74 Å². The van der Waals surface area contributed by atoms with E-state index >= 15 is 0 Å². The molecule has 0 radical (unpaired) electrons. The molecule has 2 rings (SSSR count). The Labute approximate surface area is 113 Å². The minimum Gasteiger partial charge on any atom is -0.497 e. The van der Waals surface area contributed by atoms with E-state index in [1.54, 1.807) is 7.11 Å². The maximum absolute atomic E-state index is 5.76. The summed E-state index contributed by atoms with van der Waals surface area (Å²) in [7, 11) is 3.72. The lowest BCUT2D eigenvalue weighted by Gasteiger charge is -2.12. The van der Waals surface area contributed by atoms with E-state index in [-0.39, 0.29) is 0 Å². The van der Waals surface area contributed by atoms with Gasteiger partial charge in [-0.25, -0.2) is 0 Å². The fourth-order valence-electron chi connectivity index (χ4n) is 1.94. The van der Waals surface area contributed by atoms with Crippen molar-refractivity contribution in [3.05, 3.63) is 42.0 Å². The number of fused-ring (bicyclic) bond motifs is 1. The number of nitrogens with zero attached hydrogens (tertiary/aromatic N) is 1. The standard InChI is InChI=1S/C15H18ClNO/c1-17(11-16)8-7-12-3-4-14-10-15(18-2)6-5-13(14)9-12/h3-6,9-10H,7-8,11H2,1-2H3. The van der Waals surface area contributed by atoms with Gasteiger partial charge in [0.15, 0.2) is 0 Å². The first kappa shape index (κ1) is 13.2. The van der Waals surface area contributed by atoms with Gasteiger partial charge in [0.1, 0.15) is 5.75 Å².